The van der Waals surface area contributed by atoms with E-state index in [0.29, 0.717) is 21.3 Å². The second kappa shape index (κ2) is 4.57. The van der Waals surface area contributed by atoms with E-state index in [1.54, 1.807) is 25.2 Å². The summed E-state index contributed by atoms with van der Waals surface area (Å²) in [4.78, 5) is 22.9. The van der Waals surface area contributed by atoms with Gasteiger partial charge >= 0.3 is 5.69 Å². The van der Waals surface area contributed by atoms with Crippen LogP contribution in [0.5, 0.6) is 0 Å². The molecule has 0 spiro atoms. The molecule has 0 unspecified atom stereocenters. The van der Waals surface area contributed by atoms with Gasteiger partial charge in [0.1, 0.15) is 0 Å². The Morgan fingerprint density at radius 1 is 1.50 bits per heavy atom. The zero-order chi connectivity index (χ0) is 13.3. The molecule has 5 N–H and O–H groups in total. The summed E-state index contributed by atoms with van der Waals surface area (Å²) in [6, 6.07) is 4.71. The molecule has 0 saturated carbocycles. The summed E-state index contributed by atoms with van der Waals surface area (Å²) >= 11 is 1.18. The van der Waals surface area contributed by atoms with Crippen LogP contribution >= 0.6 is 11.8 Å². The first kappa shape index (κ1) is 12.2. The van der Waals surface area contributed by atoms with E-state index in [2.05, 4.69) is 10.2 Å². The third-order valence-electron chi connectivity index (χ3n) is 2.34. The minimum absolute atomic E-state index is 0.317. The highest BCUT2D eigenvalue weighted by Gasteiger charge is 2.11. The van der Waals surface area contributed by atoms with Gasteiger partial charge in [0.2, 0.25) is 5.91 Å². The molecular formula is C10H11N5O2S. The number of hydrogen-bond donors (Lipinski definition) is 3. The van der Waals surface area contributed by atoms with E-state index in [4.69, 9.17) is 11.5 Å². The lowest BCUT2D eigenvalue weighted by molar-refractivity contribution is 0.1000. The first-order chi connectivity index (χ1) is 8.49. The van der Waals surface area contributed by atoms with Crippen LogP contribution in [0.3, 0.4) is 0 Å². The Bertz CT molecular complexity index is 661. The summed E-state index contributed by atoms with van der Waals surface area (Å²) in [5.74, 6) is -0.534. The van der Waals surface area contributed by atoms with Crippen LogP contribution in [0.25, 0.3) is 0 Å². The molecule has 1 amide bonds. The number of hydrogen-bond acceptors (Lipinski definition) is 5. The van der Waals surface area contributed by atoms with Gasteiger partial charge in [-0.1, -0.05) is 0 Å². The van der Waals surface area contributed by atoms with E-state index in [0.717, 1.165) is 0 Å². The molecule has 0 aliphatic heterocycles. The van der Waals surface area contributed by atoms with Crippen LogP contribution in [0.1, 0.15) is 10.4 Å². The predicted octanol–water partition coefficient (Wildman–Crippen LogP) is -0.0593. The van der Waals surface area contributed by atoms with Gasteiger partial charge in [-0.2, -0.15) is 0 Å². The summed E-state index contributed by atoms with van der Waals surface area (Å²) in [5.41, 5.74) is 11.5. The lowest BCUT2D eigenvalue weighted by atomic mass is 10.2. The number of anilines is 1. The fourth-order valence-corrected chi connectivity index (χ4v) is 2.18. The topological polar surface area (TPSA) is 120 Å². The minimum atomic E-state index is -0.534. The van der Waals surface area contributed by atoms with E-state index in [1.165, 1.54) is 16.3 Å². The average molecular weight is 265 g/mol. The van der Waals surface area contributed by atoms with Gasteiger partial charge in [0.05, 0.1) is 0 Å². The summed E-state index contributed by atoms with van der Waals surface area (Å²) in [6.07, 6.45) is 0. The number of aromatic amines is 1. The molecular weight excluding hydrogens is 254 g/mol. The van der Waals surface area contributed by atoms with Crippen molar-refractivity contribution < 1.29 is 4.79 Å². The number of rotatable bonds is 3. The number of amides is 1. The molecule has 2 rings (SSSR count). The first-order valence-electron chi connectivity index (χ1n) is 4.97. The third kappa shape index (κ3) is 2.23. The quantitative estimate of drug-likeness (QED) is 0.671. The van der Waals surface area contributed by atoms with Crippen molar-refractivity contribution >= 4 is 23.4 Å². The lowest BCUT2D eigenvalue weighted by Crippen LogP contribution is -2.13. The van der Waals surface area contributed by atoms with E-state index in [-0.39, 0.29) is 5.69 Å². The number of benzene rings is 1. The smallest absolute Gasteiger partial charge is 0.343 e. The van der Waals surface area contributed by atoms with Crippen molar-refractivity contribution in [3.63, 3.8) is 0 Å². The number of primary amides is 1. The molecule has 0 radical (unpaired) electrons. The van der Waals surface area contributed by atoms with Gasteiger partial charge in [-0.15, -0.1) is 5.10 Å². The van der Waals surface area contributed by atoms with Crippen LogP contribution in [0.4, 0.5) is 5.69 Å². The number of nitrogen functional groups attached to an aromatic ring is 1. The van der Waals surface area contributed by atoms with Crippen LogP contribution < -0.4 is 17.2 Å². The fraction of sp³-hybridized carbons (Fsp3) is 0.100. The van der Waals surface area contributed by atoms with E-state index in [9.17, 15) is 9.59 Å². The van der Waals surface area contributed by atoms with Crippen LogP contribution in [0, 0.1) is 0 Å². The van der Waals surface area contributed by atoms with Crippen LogP contribution in [-0.2, 0) is 7.05 Å². The van der Waals surface area contributed by atoms with Crippen LogP contribution in [0.2, 0.25) is 0 Å². The molecule has 7 nitrogen and oxygen atoms in total. The molecule has 18 heavy (non-hydrogen) atoms. The van der Waals surface area contributed by atoms with E-state index < -0.39 is 5.91 Å². The van der Waals surface area contributed by atoms with E-state index >= 15 is 0 Å². The average Bonchev–Trinajstić information content (AvgIpc) is 2.63. The van der Waals surface area contributed by atoms with Crippen molar-refractivity contribution in [3.05, 3.63) is 34.2 Å². The number of aromatic nitrogens is 3. The molecule has 0 atom stereocenters. The van der Waals surface area contributed by atoms with Gasteiger partial charge in [0, 0.05) is 23.2 Å². The fourth-order valence-electron chi connectivity index (χ4n) is 1.30. The van der Waals surface area contributed by atoms with Crippen molar-refractivity contribution in [1.29, 1.82) is 0 Å². The molecule has 8 heteroatoms. The van der Waals surface area contributed by atoms with Crippen LogP contribution in [0.15, 0.2) is 33.0 Å². The van der Waals surface area contributed by atoms with Crippen molar-refractivity contribution in [1.82, 2.24) is 14.8 Å². The Balaban J connectivity index is 2.39. The van der Waals surface area contributed by atoms with Gasteiger partial charge in [0.25, 0.3) is 0 Å². The standard InChI is InChI=1S/C10H11N5O2S/c1-15-9(17)13-14-10(15)18-7-4-5(8(12)16)2-3-6(7)11/h2-4H,11H2,1H3,(H2,12,16)(H,13,17). The van der Waals surface area contributed by atoms with E-state index in [1.807, 2.05) is 0 Å². The zero-order valence-electron chi connectivity index (χ0n) is 9.51. The number of H-pyrrole nitrogens is 1. The molecule has 1 aromatic heterocycles. The normalized spacial score (nSPS) is 10.5. The first-order valence-corrected chi connectivity index (χ1v) is 5.79. The highest BCUT2D eigenvalue weighted by Crippen LogP contribution is 2.30. The molecule has 2 aromatic rings. The Labute approximate surface area is 106 Å². The highest BCUT2D eigenvalue weighted by atomic mass is 32.2. The Kier molecular flexibility index (Phi) is 3.11. The maximum absolute atomic E-state index is 11.2. The maximum atomic E-state index is 11.2. The second-order valence-electron chi connectivity index (χ2n) is 3.59. The Hall–Kier alpha value is -2.22. The summed E-state index contributed by atoms with van der Waals surface area (Å²) in [6.45, 7) is 0. The summed E-state index contributed by atoms with van der Waals surface area (Å²) in [5, 5.41) is 6.61. The molecule has 0 fully saturated rings. The molecule has 0 aliphatic rings. The number of nitrogens with one attached hydrogen (secondary N) is 1. The van der Waals surface area contributed by atoms with Gasteiger partial charge in [0.15, 0.2) is 5.16 Å². The molecule has 0 saturated heterocycles. The van der Waals surface area contributed by atoms with Crippen LogP contribution in [-0.4, -0.2) is 20.7 Å². The third-order valence-corrected chi connectivity index (χ3v) is 3.46. The molecule has 94 valence electrons. The van der Waals surface area contributed by atoms with Gasteiger partial charge < -0.3 is 11.5 Å². The highest BCUT2D eigenvalue weighted by molar-refractivity contribution is 7.99. The minimum Gasteiger partial charge on any atom is -0.398 e. The number of carbonyl (C=O) groups excluding carboxylic acids is 1. The number of nitrogens with two attached hydrogens (primary N) is 2. The van der Waals surface area contributed by atoms with Gasteiger partial charge in [-0.05, 0) is 30.0 Å². The van der Waals surface area contributed by atoms with Crippen molar-refractivity contribution in [3.8, 4) is 0 Å². The largest absolute Gasteiger partial charge is 0.398 e. The number of carbonyl (C=O) groups is 1. The SMILES string of the molecule is Cn1c(Sc2cc(C(N)=O)ccc2N)n[nH]c1=O. The van der Waals surface area contributed by atoms with Crippen molar-refractivity contribution in [2.24, 2.45) is 12.8 Å². The van der Waals surface area contributed by atoms with Crippen molar-refractivity contribution in [2.75, 3.05) is 5.73 Å². The maximum Gasteiger partial charge on any atom is 0.343 e. The summed E-state index contributed by atoms with van der Waals surface area (Å²) < 4.78 is 1.35. The second-order valence-corrected chi connectivity index (χ2v) is 4.60. The van der Waals surface area contributed by atoms with Crippen molar-refractivity contribution in [2.45, 2.75) is 10.1 Å². The zero-order valence-corrected chi connectivity index (χ0v) is 10.3. The predicted molar refractivity (Wildman–Crippen MR) is 67.3 cm³/mol. The van der Waals surface area contributed by atoms with Gasteiger partial charge in [-0.3, -0.25) is 9.36 Å². The number of nitrogens with zero attached hydrogens (tertiary/aromatic N) is 2. The monoisotopic (exact) mass is 265 g/mol. The van der Waals surface area contributed by atoms with Gasteiger partial charge in [-0.25, -0.2) is 9.89 Å². The molecule has 1 heterocycles. The molecule has 0 bridgehead atoms. The Morgan fingerprint density at radius 2 is 2.22 bits per heavy atom. The lowest BCUT2D eigenvalue weighted by Gasteiger charge is -2.05. The molecule has 0 aliphatic carbocycles. The molecule has 1 aromatic carbocycles. The Morgan fingerprint density at radius 3 is 2.78 bits per heavy atom. The summed E-state index contributed by atoms with van der Waals surface area (Å²) in [7, 11) is 1.59.